The van der Waals surface area contributed by atoms with E-state index in [2.05, 4.69) is 20.1 Å². The van der Waals surface area contributed by atoms with Crippen LogP contribution in [0.15, 0.2) is 59.9 Å². The van der Waals surface area contributed by atoms with E-state index in [1.165, 1.54) is 29.9 Å². The second kappa shape index (κ2) is 11.2. The molecule has 11 nitrogen and oxygen atoms in total. The van der Waals surface area contributed by atoms with Gasteiger partial charge in [-0.25, -0.2) is 14.4 Å². The number of carbonyl (C=O) groups is 2. The Labute approximate surface area is 245 Å². The third-order valence-electron chi connectivity index (χ3n) is 7.94. The van der Waals surface area contributed by atoms with Gasteiger partial charge in [-0.05, 0) is 56.0 Å². The Morgan fingerprint density at radius 3 is 2.53 bits per heavy atom. The molecule has 0 atom stereocenters. The first-order valence-corrected chi connectivity index (χ1v) is 14.0. The highest BCUT2D eigenvalue weighted by Crippen LogP contribution is 2.35. The van der Waals surface area contributed by atoms with Gasteiger partial charge in [-0.1, -0.05) is 13.0 Å². The standard InChI is InChI=1S/C31H29FN8O3/c1-3-18-14-20(4-6-23(18)32)24-7-5-21(15-36-24)22-16-37-40-28(33)25(17(2)41)26(38-29(22)40)19-8-12-39(13-9-19)31(43)27-30(42)35-11-10-34-27/h4-7,10-11,14-16,19H,3,8-9,12-13,33H2,1-2H3,(H,35,42). The number of H-pyrrole nitrogens is 1. The Bertz CT molecular complexity index is 1920. The summed E-state index contributed by atoms with van der Waals surface area (Å²) < 4.78 is 15.5. The van der Waals surface area contributed by atoms with E-state index < -0.39 is 11.5 Å². The number of nitrogen functional groups attached to an aromatic ring is 1. The lowest BCUT2D eigenvalue weighted by molar-refractivity contribution is 0.0703. The average molecular weight is 581 g/mol. The molecule has 0 radical (unpaired) electrons. The highest BCUT2D eigenvalue weighted by molar-refractivity contribution is 6.00. The maximum atomic E-state index is 14.0. The SMILES string of the molecule is CCc1cc(-c2ccc(-c3cnn4c(N)c(C(C)=O)c(C5CCN(C(=O)c6ncc[nH]c6=O)CC5)nc34)cn2)ccc1F. The fourth-order valence-electron chi connectivity index (χ4n) is 5.63. The molecular formula is C31H29FN8O3. The number of nitrogens with two attached hydrogens (primary N) is 1. The van der Waals surface area contributed by atoms with Crippen molar-refractivity contribution in [3.8, 4) is 22.4 Å². The largest absolute Gasteiger partial charge is 0.383 e. The Kier molecular flexibility index (Phi) is 7.26. The molecule has 4 aromatic heterocycles. The number of amides is 1. The summed E-state index contributed by atoms with van der Waals surface area (Å²) in [6, 6.07) is 8.72. The number of nitrogens with one attached hydrogen (secondary N) is 1. The minimum absolute atomic E-state index is 0.147. The van der Waals surface area contributed by atoms with Crippen LogP contribution in [0.3, 0.4) is 0 Å². The molecule has 218 valence electrons. The van der Waals surface area contributed by atoms with Gasteiger partial charge in [-0.2, -0.15) is 9.61 Å². The molecule has 3 N–H and O–H groups in total. The number of likely N-dealkylation sites (tertiary alicyclic amines) is 1. The predicted molar refractivity (Wildman–Crippen MR) is 158 cm³/mol. The van der Waals surface area contributed by atoms with Gasteiger partial charge in [0.2, 0.25) is 0 Å². The van der Waals surface area contributed by atoms with Crippen LogP contribution in [-0.2, 0) is 6.42 Å². The number of ketones is 1. The van der Waals surface area contributed by atoms with E-state index in [4.69, 9.17) is 10.7 Å². The van der Waals surface area contributed by atoms with E-state index in [0.29, 0.717) is 66.1 Å². The zero-order valence-corrected chi connectivity index (χ0v) is 23.7. The van der Waals surface area contributed by atoms with E-state index >= 15 is 0 Å². The van der Waals surface area contributed by atoms with Crippen LogP contribution >= 0.6 is 0 Å². The number of benzene rings is 1. The summed E-state index contributed by atoms with van der Waals surface area (Å²) in [6.07, 6.45) is 7.73. The van der Waals surface area contributed by atoms with Crippen LogP contribution in [-0.4, -0.2) is 59.2 Å². The molecule has 1 fully saturated rings. The van der Waals surface area contributed by atoms with Crippen molar-refractivity contribution < 1.29 is 14.0 Å². The average Bonchev–Trinajstić information content (AvgIpc) is 3.45. The van der Waals surface area contributed by atoms with E-state index in [1.54, 1.807) is 29.4 Å². The van der Waals surface area contributed by atoms with Gasteiger partial charge in [-0.3, -0.25) is 19.4 Å². The third kappa shape index (κ3) is 5.05. The van der Waals surface area contributed by atoms with Gasteiger partial charge in [0.1, 0.15) is 11.6 Å². The van der Waals surface area contributed by atoms with Gasteiger partial charge < -0.3 is 15.6 Å². The number of aromatic amines is 1. The van der Waals surface area contributed by atoms with E-state index in [9.17, 15) is 18.8 Å². The number of fused-ring (bicyclic) bond motifs is 1. The predicted octanol–water partition coefficient (Wildman–Crippen LogP) is 4.05. The molecule has 0 unspecified atom stereocenters. The van der Waals surface area contributed by atoms with Crippen molar-refractivity contribution in [2.75, 3.05) is 18.8 Å². The monoisotopic (exact) mass is 580 g/mol. The number of hydrogen-bond donors (Lipinski definition) is 2. The molecule has 0 spiro atoms. The first kappa shape index (κ1) is 27.9. The van der Waals surface area contributed by atoms with Gasteiger partial charge in [0, 0.05) is 54.3 Å². The molecule has 0 aliphatic carbocycles. The van der Waals surface area contributed by atoms with Crippen LogP contribution in [0.25, 0.3) is 28.0 Å². The topological polar surface area (TPSA) is 152 Å². The highest BCUT2D eigenvalue weighted by atomic mass is 19.1. The molecule has 1 aliphatic heterocycles. The van der Waals surface area contributed by atoms with E-state index in [1.807, 2.05) is 19.1 Å². The number of carbonyl (C=O) groups excluding carboxylic acids is 2. The van der Waals surface area contributed by atoms with Crippen LogP contribution in [0.5, 0.6) is 0 Å². The van der Waals surface area contributed by atoms with Gasteiger partial charge in [0.05, 0.1) is 23.1 Å². The molecule has 1 amide bonds. The molecule has 1 saturated heterocycles. The van der Waals surface area contributed by atoms with Gasteiger partial charge in [0.15, 0.2) is 17.1 Å². The molecule has 12 heteroatoms. The minimum atomic E-state index is -0.535. The normalized spacial score (nSPS) is 13.9. The second-order valence-corrected chi connectivity index (χ2v) is 10.5. The third-order valence-corrected chi connectivity index (χ3v) is 7.94. The number of aromatic nitrogens is 6. The van der Waals surface area contributed by atoms with Crippen LogP contribution in [0.1, 0.15) is 64.7 Å². The number of pyridine rings is 1. The second-order valence-electron chi connectivity index (χ2n) is 10.5. The van der Waals surface area contributed by atoms with Gasteiger partial charge in [-0.15, -0.1) is 0 Å². The lowest BCUT2D eigenvalue weighted by atomic mass is 9.89. The zero-order valence-electron chi connectivity index (χ0n) is 23.7. The zero-order chi connectivity index (χ0) is 30.2. The molecule has 6 rings (SSSR count). The van der Waals surface area contributed by atoms with Crippen molar-refractivity contribution in [3.63, 3.8) is 0 Å². The number of piperidine rings is 1. The van der Waals surface area contributed by atoms with Crippen molar-refractivity contribution in [3.05, 3.63) is 93.8 Å². The smallest absolute Gasteiger partial charge is 0.279 e. The lowest BCUT2D eigenvalue weighted by Gasteiger charge is -2.32. The summed E-state index contributed by atoms with van der Waals surface area (Å²) in [5.74, 6) is -0.851. The quantitative estimate of drug-likeness (QED) is 0.286. The Hall–Kier alpha value is -5.26. The van der Waals surface area contributed by atoms with Crippen LogP contribution in [0, 0.1) is 5.82 Å². The fourth-order valence-corrected chi connectivity index (χ4v) is 5.63. The van der Waals surface area contributed by atoms with E-state index in [0.717, 1.165) is 11.1 Å². The van der Waals surface area contributed by atoms with Crippen molar-refractivity contribution in [2.24, 2.45) is 0 Å². The van der Waals surface area contributed by atoms with Crippen molar-refractivity contribution in [1.29, 1.82) is 0 Å². The molecule has 5 aromatic rings. The molecule has 43 heavy (non-hydrogen) atoms. The summed E-state index contributed by atoms with van der Waals surface area (Å²) in [4.78, 5) is 55.3. The van der Waals surface area contributed by atoms with Gasteiger partial charge >= 0.3 is 0 Å². The summed E-state index contributed by atoms with van der Waals surface area (Å²) in [5, 5.41) is 4.43. The number of Topliss-reactive ketones (excluding diaryl/α,β-unsaturated/α-hetero) is 1. The molecular weight excluding hydrogens is 551 g/mol. The Morgan fingerprint density at radius 1 is 1.09 bits per heavy atom. The summed E-state index contributed by atoms with van der Waals surface area (Å²) in [5.41, 5.74) is 10.8. The molecule has 1 aromatic carbocycles. The van der Waals surface area contributed by atoms with Gasteiger partial charge in [0.25, 0.3) is 11.5 Å². The van der Waals surface area contributed by atoms with Crippen LogP contribution in [0.2, 0.25) is 0 Å². The maximum Gasteiger partial charge on any atom is 0.279 e. The van der Waals surface area contributed by atoms with Crippen molar-refractivity contribution in [2.45, 2.75) is 39.0 Å². The highest BCUT2D eigenvalue weighted by Gasteiger charge is 2.31. The maximum absolute atomic E-state index is 14.0. The number of aryl methyl sites for hydroxylation is 1. The Balaban J connectivity index is 1.31. The minimum Gasteiger partial charge on any atom is -0.383 e. The number of rotatable bonds is 6. The molecule has 0 saturated carbocycles. The number of nitrogens with zero attached hydrogens (tertiary/aromatic N) is 6. The first-order valence-electron chi connectivity index (χ1n) is 14.0. The number of anilines is 1. The first-order chi connectivity index (χ1) is 20.8. The lowest BCUT2D eigenvalue weighted by Crippen LogP contribution is -2.41. The molecule has 1 aliphatic rings. The summed E-state index contributed by atoms with van der Waals surface area (Å²) >= 11 is 0. The molecule has 5 heterocycles. The fraction of sp³-hybridized carbons (Fsp3) is 0.258. The van der Waals surface area contributed by atoms with Crippen LogP contribution in [0.4, 0.5) is 10.2 Å². The van der Waals surface area contributed by atoms with Crippen molar-refractivity contribution >= 4 is 23.2 Å². The molecule has 0 bridgehead atoms. The Morgan fingerprint density at radius 2 is 1.86 bits per heavy atom. The van der Waals surface area contributed by atoms with Crippen molar-refractivity contribution in [1.82, 2.24) is 34.4 Å². The number of halogens is 1. The van der Waals surface area contributed by atoms with Crippen LogP contribution < -0.4 is 11.3 Å². The summed E-state index contributed by atoms with van der Waals surface area (Å²) in [6.45, 7) is 4.08. The summed E-state index contributed by atoms with van der Waals surface area (Å²) in [7, 11) is 0. The van der Waals surface area contributed by atoms with E-state index in [-0.39, 0.29) is 29.0 Å². The number of hydrogen-bond acceptors (Lipinski definition) is 8.